The second-order valence-electron chi connectivity index (χ2n) is 8.14. The van der Waals surface area contributed by atoms with Crippen molar-refractivity contribution in [2.24, 2.45) is 13.0 Å². The van der Waals surface area contributed by atoms with E-state index in [9.17, 15) is 15.2 Å². The molecule has 1 aliphatic rings. The van der Waals surface area contributed by atoms with Gasteiger partial charge in [-0.15, -0.1) is 0 Å². The molecule has 0 aliphatic heterocycles. The monoisotopic (exact) mass is 456 g/mol. The molecule has 4 rings (SSSR count). The van der Waals surface area contributed by atoms with Gasteiger partial charge in [-0.2, -0.15) is 5.26 Å². The molecule has 160 valence electrons. The van der Waals surface area contributed by atoms with Gasteiger partial charge in [0.1, 0.15) is 5.75 Å². The van der Waals surface area contributed by atoms with Gasteiger partial charge in [0.25, 0.3) is 0 Å². The molecule has 1 aliphatic carbocycles. The molecule has 1 N–H and O–H groups in total. The van der Waals surface area contributed by atoms with Crippen molar-refractivity contribution < 1.29 is 14.6 Å². The summed E-state index contributed by atoms with van der Waals surface area (Å²) in [5, 5.41) is 20.6. The average molecular weight is 457 g/mol. The Morgan fingerprint density at radius 3 is 2.74 bits per heavy atom. The molecule has 0 radical (unpaired) electrons. The largest absolute Gasteiger partial charge is 0.489 e. The zero-order valence-electron chi connectivity index (χ0n) is 17.3. The topological polar surface area (TPSA) is 75.2 Å². The maximum atomic E-state index is 11.2. The van der Waals surface area contributed by atoms with E-state index in [1.165, 1.54) is 0 Å². The first-order chi connectivity index (χ1) is 14.8. The van der Waals surface area contributed by atoms with Crippen LogP contribution < -0.4 is 4.74 Å². The Morgan fingerprint density at radius 1 is 1.29 bits per heavy atom. The number of hydrogen-bond acceptors (Lipinski definition) is 3. The number of nitriles is 1. The highest BCUT2D eigenvalue weighted by atomic mass is 35.5. The van der Waals surface area contributed by atoms with Gasteiger partial charge in [-0.05, 0) is 67.6 Å². The molecular weight excluding hydrogens is 435 g/mol. The van der Waals surface area contributed by atoms with Crippen molar-refractivity contribution in [3.8, 4) is 11.8 Å². The number of benzene rings is 2. The number of carbonyl (C=O) groups is 1. The minimum Gasteiger partial charge on any atom is -0.489 e. The second-order valence-corrected chi connectivity index (χ2v) is 8.92. The fourth-order valence-corrected chi connectivity index (χ4v) is 4.91. The van der Waals surface area contributed by atoms with Gasteiger partial charge in [0.15, 0.2) is 0 Å². The van der Waals surface area contributed by atoms with Gasteiger partial charge < -0.3 is 14.4 Å². The molecule has 2 aromatic carbocycles. The van der Waals surface area contributed by atoms with Crippen LogP contribution in [0.2, 0.25) is 10.0 Å². The molecule has 1 saturated carbocycles. The van der Waals surface area contributed by atoms with E-state index in [0.717, 1.165) is 27.7 Å². The fourth-order valence-electron chi connectivity index (χ4n) is 4.36. The first kappa shape index (κ1) is 21.5. The van der Waals surface area contributed by atoms with Gasteiger partial charge in [0.05, 0.1) is 28.7 Å². The molecule has 0 saturated heterocycles. The summed E-state index contributed by atoms with van der Waals surface area (Å²) in [7, 11) is 1.96. The predicted molar refractivity (Wildman–Crippen MR) is 121 cm³/mol. The van der Waals surface area contributed by atoms with Crippen LogP contribution in [-0.4, -0.2) is 21.7 Å². The maximum absolute atomic E-state index is 11.2. The van der Waals surface area contributed by atoms with E-state index in [2.05, 4.69) is 16.7 Å². The van der Waals surface area contributed by atoms with Crippen molar-refractivity contribution in [3.63, 3.8) is 0 Å². The zero-order valence-corrected chi connectivity index (χ0v) is 18.8. The standard InChI is InChI=1S/C24H22Cl2N2O3/c1-13-7-14(12-27)8-21-18(13)10-16(28(21)2)11-19-20(25)5-6-22(23(19)26)31-17-4-3-15(9-17)24(29)30/h5-8,10,15,17H,3-4,9,11H2,1-2H3,(H,29,30)/t15-,17-/m1/s1. The van der Waals surface area contributed by atoms with E-state index in [1.807, 2.05) is 26.1 Å². The predicted octanol–water partition coefficient (Wildman–Crippen LogP) is 5.89. The van der Waals surface area contributed by atoms with E-state index in [-0.39, 0.29) is 12.0 Å². The van der Waals surface area contributed by atoms with Crippen LogP contribution in [0.25, 0.3) is 10.9 Å². The highest BCUT2D eigenvalue weighted by Crippen LogP contribution is 2.38. The first-order valence-corrected chi connectivity index (χ1v) is 10.9. The Balaban J connectivity index is 1.64. The lowest BCUT2D eigenvalue weighted by atomic mass is 10.1. The summed E-state index contributed by atoms with van der Waals surface area (Å²) < 4.78 is 8.12. The fraction of sp³-hybridized carbons (Fsp3) is 0.333. The number of carboxylic acid groups (broad SMARTS) is 1. The molecule has 7 heteroatoms. The highest BCUT2D eigenvalue weighted by molar-refractivity contribution is 6.37. The molecule has 2 atom stereocenters. The van der Waals surface area contributed by atoms with Crippen LogP contribution in [0.4, 0.5) is 0 Å². The van der Waals surface area contributed by atoms with Crippen molar-refractivity contribution in [3.05, 3.63) is 62.8 Å². The molecule has 1 heterocycles. The van der Waals surface area contributed by atoms with Crippen LogP contribution in [0.15, 0.2) is 30.3 Å². The van der Waals surface area contributed by atoms with Crippen LogP contribution >= 0.6 is 23.2 Å². The number of nitrogens with zero attached hydrogens (tertiary/aromatic N) is 2. The smallest absolute Gasteiger partial charge is 0.306 e. The number of hydrogen-bond donors (Lipinski definition) is 1. The van der Waals surface area contributed by atoms with Crippen LogP contribution in [0.1, 0.15) is 41.6 Å². The molecule has 0 spiro atoms. The summed E-state index contributed by atoms with van der Waals surface area (Å²) in [5.41, 5.74) is 4.43. The van der Waals surface area contributed by atoms with Gasteiger partial charge in [-0.3, -0.25) is 4.79 Å². The van der Waals surface area contributed by atoms with Crippen LogP contribution in [-0.2, 0) is 18.3 Å². The number of aliphatic carboxylic acids is 1. The lowest BCUT2D eigenvalue weighted by molar-refractivity contribution is -0.141. The summed E-state index contributed by atoms with van der Waals surface area (Å²) in [6.45, 7) is 1.99. The lowest BCUT2D eigenvalue weighted by Gasteiger charge is -2.17. The van der Waals surface area contributed by atoms with Crippen LogP contribution in [0.5, 0.6) is 5.75 Å². The summed E-state index contributed by atoms with van der Waals surface area (Å²) in [6.07, 6.45) is 2.11. The molecule has 0 unspecified atom stereocenters. The van der Waals surface area contributed by atoms with E-state index >= 15 is 0 Å². The molecule has 1 aromatic heterocycles. The number of carboxylic acids is 1. The van der Waals surface area contributed by atoms with E-state index in [1.54, 1.807) is 12.1 Å². The van der Waals surface area contributed by atoms with Crippen LogP contribution in [0.3, 0.4) is 0 Å². The Hall–Kier alpha value is -2.68. The third-order valence-electron chi connectivity index (χ3n) is 6.13. The minimum atomic E-state index is -0.778. The summed E-state index contributed by atoms with van der Waals surface area (Å²) >= 11 is 13.2. The molecule has 31 heavy (non-hydrogen) atoms. The first-order valence-electron chi connectivity index (χ1n) is 10.1. The van der Waals surface area contributed by atoms with E-state index < -0.39 is 5.97 Å². The van der Waals surface area contributed by atoms with Crippen molar-refractivity contribution in [1.29, 1.82) is 5.26 Å². The number of ether oxygens (including phenoxy) is 1. The highest BCUT2D eigenvalue weighted by Gasteiger charge is 2.31. The molecule has 1 fully saturated rings. The van der Waals surface area contributed by atoms with Crippen molar-refractivity contribution in [2.75, 3.05) is 0 Å². The van der Waals surface area contributed by atoms with Gasteiger partial charge in [-0.1, -0.05) is 23.2 Å². The number of aryl methyl sites for hydroxylation is 2. The van der Waals surface area contributed by atoms with Crippen molar-refractivity contribution in [2.45, 2.75) is 38.7 Å². The molecule has 3 aromatic rings. The Labute approximate surface area is 190 Å². The van der Waals surface area contributed by atoms with Crippen molar-refractivity contribution >= 4 is 40.1 Å². The van der Waals surface area contributed by atoms with Gasteiger partial charge in [-0.25, -0.2) is 0 Å². The quantitative estimate of drug-likeness (QED) is 0.519. The second kappa shape index (κ2) is 8.45. The minimum absolute atomic E-state index is 0.169. The average Bonchev–Trinajstić information content (AvgIpc) is 3.33. The number of halogens is 2. The van der Waals surface area contributed by atoms with Gasteiger partial charge in [0.2, 0.25) is 0 Å². The summed E-state index contributed by atoms with van der Waals surface area (Å²) in [5.74, 6) is -0.619. The number of rotatable bonds is 5. The summed E-state index contributed by atoms with van der Waals surface area (Å²) in [4.78, 5) is 11.2. The Morgan fingerprint density at radius 2 is 2.06 bits per heavy atom. The van der Waals surface area contributed by atoms with Gasteiger partial charge in [0, 0.05) is 35.1 Å². The SMILES string of the molecule is Cc1cc(C#N)cc2c1cc(Cc1c(Cl)ccc(O[C@@H]3CC[C@@H](C(=O)O)C3)c1Cl)n2C. The maximum Gasteiger partial charge on any atom is 0.306 e. The lowest BCUT2D eigenvalue weighted by Crippen LogP contribution is -2.16. The van der Waals surface area contributed by atoms with Crippen LogP contribution in [0, 0.1) is 24.2 Å². The third-order valence-corrected chi connectivity index (χ3v) is 6.90. The van der Waals surface area contributed by atoms with Crippen molar-refractivity contribution in [1.82, 2.24) is 4.57 Å². The third kappa shape index (κ3) is 4.11. The molecular formula is C24H22Cl2N2O3. The molecule has 0 amide bonds. The van der Waals surface area contributed by atoms with Gasteiger partial charge >= 0.3 is 5.97 Å². The Kier molecular flexibility index (Phi) is 5.88. The molecule has 5 nitrogen and oxygen atoms in total. The number of fused-ring (bicyclic) bond motifs is 1. The molecule has 0 bridgehead atoms. The summed E-state index contributed by atoms with van der Waals surface area (Å²) in [6, 6.07) is 11.6. The number of aromatic nitrogens is 1. The van der Waals surface area contributed by atoms with E-state index in [0.29, 0.717) is 47.0 Å². The zero-order chi connectivity index (χ0) is 22.3. The van der Waals surface area contributed by atoms with E-state index in [4.69, 9.17) is 27.9 Å². The normalized spacial score (nSPS) is 18.3. The Bertz CT molecular complexity index is 1230.